The molecule has 7 nitrogen and oxygen atoms in total. The van der Waals surface area contributed by atoms with Crippen molar-refractivity contribution in [3.8, 4) is 23.0 Å². The van der Waals surface area contributed by atoms with Gasteiger partial charge in [0.1, 0.15) is 28.6 Å². The van der Waals surface area contributed by atoms with Gasteiger partial charge >= 0.3 is 0 Å². The molecule has 0 fully saturated rings. The first-order valence-corrected chi connectivity index (χ1v) is 6.00. The van der Waals surface area contributed by atoms with Crippen molar-refractivity contribution in [2.24, 2.45) is 0 Å². The van der Waals surface area contributed by atoms with Crippen LogP contribution >= 0.6 is 0 Å². The Morgan fingerprint density at radius 3 is 2.62 bits per heavy atom. The van der Waals surface area contributed by atoms with Crippen LogP contribution < -0.4 is 4.74 Å². The number of nitro groups is 1. The Bertz CT molecular complexity index is 783. The molecule has 0 spiro atoms. The van der Waals surface area contributed by atoms with E-state index in [1.54, 1.807) is 0 Å². The van der Waals surface area contributed by atoms with Crippen LogP contribution in [0, 0.1) is 10.1 Å². The minimum absolute atomic E-state index is 0.0186. The van der Waals surface area contributed by atoms with Crippen LogP contribution in [0.3, 0.4) is 0 Å². The molecule has 0 aromatic heterocycles. The molecular formula is C14H9NO6. The highest BCUT2D eigenvalue weighted by Crippen LogP contribution is 2.41. The largest absolute Gasteiger partial charge is 0.508 e. The van der Waals surface area contributed by atoms with Crippen molar-refractivity contribution < 1.29 is 24.7 Å². The summed E-state index contributed by atoms with van der Waals surface area (Å²) in [7, 11) is 0. The van der Waals surface area contributed by atoms with Crippen molar-refractivity contribution in [3.05, 3.63) is 51.6 Å². The third-order valence-electron chi connectivity index (χ3n) is 3.17. The van der Waals surface area contributed by atoms with Gasteiger partial charge in [-0.05, 0) is 6.07 Å². The standard InChI is InChI=1S/C14H9NO6/c16-9-5-11(18)14-10(17)4-7-3-8(15(19)20)1-2-12(7)21-13(14)6-9/h1-3,5-6,16,18H,4H2. The summed E-state index contributed by atoms with van der Waals surface area (Å²) in [5, 5.41) is 30.0. The average Bonchev–Trinajstić information content (AvgIpc) is 2.52. The Morgan fingerprint density at radius 2 is 1.90 bits per heavy atom. The van der Waals surface area contributed by atoms with Crippen molar-refractivity contribution in [1.29, 1.82) is 0 Å². The summed E-state index contributed by atoms with van der Waals surface area (Å²) in [4.78, 5) is 22.4. The Kier molecular flexibility index (Phi) is 2.76. The summed E-state index contributed by atoms with van der Waals surface area (Å²) in [6.45, 7) is 0. The van der Waals surface area contributed by atoms with Gasteiger partial charge in [-0.3, -0.25) is 14.9 Å². The number of nitrogens with zero attached hydrogens (tertiary/aromatic N) is 1. The van der Waals surface area contributed by atoms with Gasteiger partial charge in [-0.25, -0.2) is 0 Å². The van der Waals surface area contributed by atoms with Gasteiger partial charge in [0.2, 0.25) is 0 Å². The molecule has 1 aliphatic heterocycles. The minimum atomic E-state index is -0.563. The zero-order valence-corrected chi connectivity index (χ0v) is 10.6. The highest BCUT2D eigenvalue weighted by atomic mass is 16.6. The van der Waals surface area contributed by atoms with Crippen molar-refractivity contribution in [1.82, 2.24) is 0 Å². The molecule has 0 saturated carbocycles. The molecule has 0 radical (unpaired) electrons. The van der Waals surface area contributed by atoms with Crippen LogP contribution in [-0.2, 0) is 6.42 Å². The van der Waals surface area contributed by atoms with Gasteiger partial charge < -0.3 is 14.9 Å². The summed E-state index contributed by atoms with van der Waals surface area (Å²) < 4.78 is 5.51. The van der Waals surface area contributed by atoms with Crippen molar-refractivity contribution in [2.75, 3.05) is 0 Å². The second kappa shape index (κ2) is 4.48. The van der Waals surface area contributed by atoms with Crippen LogP contribution in [0.1, 0.15) is 15.9 Å². The van der Waals surface area contributed by atoms with Gasteiger partial charge in [0.05, 0.1) is 4.92 Å². The zero-order valence-electron chi connectivity index (χ0n) is 10.6. The summed E-state index contributed by atoms with van der Waals surface area (Å²) >= 11 is 0. The van der Waals surface area contributed by atoms with Crippen LogP contribution in [0.15, 0.2) is 30.3 Å². The number of nitro benzene ring substituents is 1. The number of hydrogen-bond acceptors (Lipinski definition) is 6. The van der Waals surface area contributed by atoms with E-state index in [1.807, 2.05) is 0 Å². The smallest absolute Gasteiger partial charge is 0.269 e. The highest BCUT2D eigenvalue weighted by molar-refractivity contribution is 6.03. The predicted molar refractivity (Wildman–Crippen MR) is 71.0 cm³/mol. The first-order chi connectivity index (χ1) is 9.95. The Labute approximate surface area is 118 Å². The lowest BCUT2D eigenvalue weighted by molar-refractivity contribution is -0.384. The first-order valence-electron chi connectivity index (χ1n) is 6.00. The van der Waals surface area contributed by atoms with Crippen LogP contribution in [-0.4, -0.2) is 20.9 Å². The fraction of sp³-hybridized carbons (Fsp3) is 0.0714. The molecule has 2 N–H and O–H groups in total. The number of carbonyl (C=O) groups is 1. The lowest BCUT2D eigenvalue weighted by Gasteiger charge is -2.09. The minimum Gasteiger partial charge on any atom is -0.508 e. The maximum Gasteiger partial charge on any atom is 0.269 e. The number of ketones is 1. The predicted octanol–water partition coefficient (Wildman–Crippen LogP) is 2.54. The number of hydrogen-bond donors (Lipinski definition) is 2. The number of carbonyl (C=O) groups excluding carboxylic acids is 1. The van der Waals surface area contributed by atoms with Crippen molar-refractivity contribution in [3.63, 3.8) is 0 Å². The third kappa shape index (κ3) is 2.14. The molecule has 0 aliphatic carbocycles. The number of fused-ring (bicyclic) bond motifs is 2. The SMILES string of the molecule is O=C1Cc2cc([N+](=O)[O-])ccc2Oc2cc(O)cc(O)c21. The van der Waals surface area contributed by atoms with E-state index in [9.17, 15) is 25.1 Å². The normalized spacial score (nSPS) is 12.9. The van der Waals surface area contributed by atoms with Gasteiger partial charge in [-0.2, -0.15) is 0 Å². The summed E-state index contributed by atoms with van der Waals surface area (Å²) in [6, 6.07) is 6.16. The van der Waals surface area contributed by atoms with Gasteiger partial charge in [0.25, 0.3) is 5.69 Å². The molecule has 106 valence electrons. The quantitative estimate of drug-likeness (QED) is 0.616. The lowest BCUT2D eigenvalue weighted by atomic mass is 10.0. The van der Waals surface area contributed by atoms with Crippen molar-refractivity contribution in [2.45, 2.75) is 6.42 Å². The number of Topliss-reactive ketones (excluding diaryl/α,β-unsaturated/α-hetero) is 1. The van der Waals surface area contributed by atoms with Crippen LogP contribution in [0.4, 0.5) is 5.69 Å². The molecule has 3 rings (SSSR count). The number of rotatable bonds is 1. The number of aromatic hydroxyl groups is 2. The second-order valence-corrected chi connectivity index (χ2v) is 4.59. The number of phenolic OH excluding ortho intramolecular Hbond substituents is 2. The third-order valence-corrected chi connectivity index (χ3v) is 3.17. The van der Waals surface area contributed by atoms with Crippen molar-refractivity contribution >= 4 is 11.5 Å². The maximum absolute atomic E-state index is 12.2. The van der Waals surface area contributed by atoms with Gasteiger partial charge in [0, 0.05) is 36.2 Å². The molecular weight excluding hydrogens is 278 g/mol. The van der Waals surface area contributed by atoms with E-state index >= 15 is 0 Å². The first kappa shape index (κ1) is 12.9. The summed E-state index contributed by atoms with van der Waals surface area (Å²) in [5.41, 5.74) is 0.152. The van der Waals surface area contributed by atoms with Gasteiger partial charge in [-0.1, -0.05) is 0 Å². The van der Waals surface area contributed by atoms with E-state index in [0.717, 1.165) is 6.07 Å². The molecule has 0 amide bonds. The van der Waals surface area contributed by atoms with E-state index in [4.69, 9.17) is 4.74 Å². The molecule has 0 atom stereocenters. The number of phenols is 2. The van der Waals surface area contributed by atoms with E-state index in [1.165, 1.54) is 24.3 Å². The molecule has 7 heteroatoms. The number of non-ortho nitro benzene ring substituents is 1. The van der Waals surface area contributed by atoms with E-state index in [0.29, 0.717) is 5.56 Å². The molecule has 0 bridgehead atoms. The topological polar surface area (TPSA) is 110 Å². The molecule has 2 aromatic carbocycles. The monoisotopic (exact) mass is 287 g/mol. The molecule has 21 heavy (non-hydrogen) atoms. The van der Waals surface area contributed by atoms with E-state index in [2.05, 4.69) is 0 Å². The number of ether oxygens (including phenoxy) is 1. The number of benzene rings is 2. The fourth-order valence-electron chi connectivity index (χ4n) is 2.24. The van der Waals surface area contributed by atoms with Crippen LogP contribution in [0.5, 0.6) is 23.0 Å². The molecule has 0 unspecified atom stereocenters. The van der Waals surface area contributed by atoms with E-state index < -0.39 is 16.5 Å². The van der Waals surface area contributed by atoms with Crippen LogP contribution in [0.25, 0.3) is 0 Å². The van der Waals surface area contributed by atoms with E-state index in [-0.39, 0.29) is 34.9 Å². The highest BCUT2D eigenvalue weighted by Gasteiger charge is 2.26. The maximum atomic E-state index is 12.2. The zero-order chi connectivity index (χ0) is 15.1. The second-order valence-electron chi connectivity index (χ2n) is 4.59. The van der Waals surface area contributed by atoms with Gasteiger partial charge in [-0.15, -0.1) is 0 Å². The summed E-state index contributed by atoms with van der Waals surface area (Å²) in [6.07, 6.45) is -0.137. The molecule has 1 aliphatic rings. The molecule has 0 saturated heterocycles. The fourth-order valence-corrected chi connectivity index (χ4v) is 2.24. The Morgan fingerprint density at radius 1 is 1.14 bits per heavy atom. The van der Waals surface area contributed by atoms with Crippen LogP contribution in [0.2, 0.25) is 0 Å². The lowest BCUT2D eigenvalue weighted by Crippen LogP contribution is -2.02. The Hall–Kier alpha value is -3.09. The van der Waals surface area contributed by atoms with Gasteiger partial charge in [0.15, 0.2) is 5.78 Å². The Balaban J connectivity index is 2.16. The average molecular weight is 287 g/mol. The summed E-state index contributed by atoms with van der Waals surface area (Å²) in [5.74, 6) is -0.786. The molecule has 2 aromatic rings. The molecule has 1 heterocycles.